The zero-order valence-electron chi connectivity index (χ0n) is 17.4. The van der Waals surface area contributed by atoms with Crippen LogP contribution in [0.5, 0.6) is 11.5 Å². The second-order valence-corrected chi connectivity index (χ2v) is 7.29. The molecule has 2 heterocycles. The summed E-state index contributed by atoms with van der Waals surface area (Å²) in [6, 6.07) is 6.51. The number of hydrogen-bond acceptors (Lipinski definition) is 5. The summed E-state index contributed by atoms with van der Waals surface area (Å²) >= 11 is 0. The lowest BCUT2D eigenvalue weighted by Crippen LogP contribution is -2.53. The van der Waals surface area contributed by atoms with Crippen molar-refractivity contribution in [1.82, 2.24) is 15.5 Å². The summed E-state index contributed by atoms with van der Waals surface area (Å²) in [6.45, 7) is 10.1. The van der Waals surface area contributed by atoms with Crippen molar-refractivity contribution in [3.63, 3.8) is 0 Å². The molecular formula is C21H34N4O3. The third-order valence-corrected chi connectivity index (χ3v) is 5.71. The second-order valence-electron chi connectivity index (χ2n) is 7.29. The van der Waals surface area contributed by atoms with Gasteiger partial charge in [0.15, 0.2) is 17.5 Å². The fraction of sp³-hybridized carbons (Fsp3) is 0.667. The zero-order chi connectivity index (χ0) is 19.8. The van der Waals surface area contributed by atoms with Gasteiger partial charge in [-0.2, -0.15) is 0 Å². The largest absolute Gasteiger partial charge is 0.454 e. The Balaban J connectivity index is 1.54. The predicted octanol–water partition coefficient (Wildman–Crippen LogP) is 2.22. The molecule has 1 aromatic rings. The van der Waals surface area contributed by atoms with E-state index in [-0.39, 0.29) is 0 Å². The van der Waals surface area contributed by atoms with Crippen molar-refractivity contribution in [3.05, 3.63) is 23.8 Å². The third kappa shape index (κ3) is 5.29. The quantitative estimate of drug-likeness (QED) is 0.524. The number of nitrogens with one attached hydrogen (secondary N) is 2. The Bertz CT molecular complexity index is 643. The maximum Gasteiger partial charge on any atom is 0.231 e. The van der Waals surface area contributed by atoms with Crippen LogP contribution in [-0.2, 0) is 11.3 Å². The molecule has 156 valence electrons. The van der Waals surface area contributed by atoms with Crippen molar-refractivity contribution < 1.29 is 14.2 Å². The fourth-order valence-electron chi connectivity index (χ4n) is 3.99. The highest BCUT2D eigenvalue weighted by molar-refractivity contribution is 5.79. The van der Waals surface area contributed by atoms with Gasteiger partial charge >= 0.3 is 0 Å². The average Bonchev–Trinajstić information content (AvgIpc) is 3.21. The van der Waals surface area contributed by atoms with E-state index in [1.165, 1.54) is 12.8 Å². The van der Waals surface area contributed by atoms with Crippen LogP contribution in [0.25, 0.3) is 0 Å². The number of rotatable bonds is 8. The van der Waals surface area contributed by atoms with Gasteiger partial charge < -0.3 is 24.8 Å². The number of morpholine rings is 1. The number of guanidine groups is 1. The molecule has 1 saturated heterocycles. The number of ether oxygens (including phenoxy) is 3. The van der Waals surface area contributed by atoms with Gasteiger partial charge in [0.1, 0.15) is 0 Å². The van der Waals surface area contributed by atoms with Gasteiger partial charge in [0.25, 0.3) is 0 Å². The molecule has 0 aliphatic carbocycles. The normalized spacial score (nSPS) is 18.4. The molecule has 2 aliphatic heterocycles. The summed E-state index contributed by atoms with van der Waals surface area (Å²) in [5, 5.41) is 6.95. The van der Waals surface area contributed by atoms with Crippen molar-refractivity contribution >= 4 is 5.96 Å². The molecular weight excluding hydrogens is 356 g/mol. The maximum absolute atomic E-state index is 5.55. The molecule has 7 nitrogen and oxygen atoms in total. The SMILES string of the molecule is CCC(CC)C(CNC(=NC)NCc1ccc2c(c1)OCO2)N1CCOCC1. The van der Waals surface area contributed by atoms with Crippen LogP contribution in [0, 0.1) is 5.92 Å². The first kappa shape index (κ1) is 20.7. The monoisotopic (exact) mass is 390 g/mol. The first-order valence-corrected chi connectivity index (χ1v) is 10.4. The highest BCUT2D eigenvalue weighted by Gasteiger charge is 2.27. The molecule has 1 aromatic carbocycles. The van der Waals surface area contributed by atoms with Crippen LogP contribution in [0.1, 0.15) is 32.3 Å². The minimum absolute atomic E-state index is 0.300. The smallest absolute Gasteiger partial charge is 0.231 e. The summed E-state index contributed by atoms with van der Waals surface area (Å²) in [4.78, 5) is 6.97. The van der Waals surface area contributed by atoms with E-state index in [0.29, 0.717) is 25.3 Å². The van der Waals surface area contributed by atoms with Crippen LogP contribution in [0.15, 0.2) is 23.2 Å². The standard InChI is InChI=1S/C21H34N4O3/c1-4-17(5-2)18(25-8-10-26-11-9-25)14-24-21(22-3)23-13-16-6-7-19-20(12-16)28-15-27-19/h6-7,12,17-18H,4-5,8-11,13-15H2,1-3H3,(H2,22,23,24). The molecule has 0 saturated carbocycles. The van der Waals surface area contributed by atoms with E-state index in [2.05, 4.69) is 40.4 Å². The average molecular weight is 391 g/mol. The lowest BCUT2D eigenvalue weighted by atomic mass is 9.92. The van der Waals surface area contributed by atoms with E-state index in [0.717, 1.165) is 55.9 Å². The van der Waals surface area contributed by atoms with Crippen molar-refractivity contribution in [2.75, 3.05) is 46.7 Å². The summed E-state index contributed by atoms with van der Waals surface area (Å²) in [5.41, 5.74) is 1.14. The van der Waals surface area contributed by atoms with Gasteiger partial charge in [0, 0.05) is 39.3 Å². The molecule has 0 spiro atoms. The highest BCUT2D eigenvalue weighted by Crippen LogP contribution is 2.32. The van der Waals surface area contributed by atoms with Gasteiger partial charge in [-0.05, 0) is 23.6 Å². The van der Waals surface area contributed by atoms with E-state index >= 15 is 0 Å². The predicted molar refractivity (Wildman–Crippen MR) is 111 cm³/mol. The van der Waals surface area contributed by atoms with Crippen LogP contribution in [0.2, 0.25) is 0 Å². The van der Waals surface area contributed by atoms with E-state index in [9.17, 15) is 0 Å². The summed E-state index contributed by atoms with van der Waals surface area (Å²) in [6.07, 6.45) is 2.37. The molecule has 2 N–H and O–H groups in total. The number of nitrogens with zero attached hydrogens (tertiary/aromatic N) is 2. The molecule has 0 aromatic heterocycles. The number of aliphatic imine (C=N–C) groups is 1. The third-order valence-electron chi connectivity index (χ3n) is 5.71. The first-order valence-electron chi connectivity index (χ1n) is 10.4. The molecule has 28 heavy (non-hydrogen) atoms. The first-order chi connectivity index (χ1) is 13.7. The number of fused-ring (bicyclic) bond motifs is 1. The van der Waals surface area contributed by atoms with Crippen molar-refractivity contribution in [2.24, 2.45) is 10.9 Å². The van der Waals surface area contributed by atoms with Gasteiger partial charge in [-0.25, -0.2) is 0 Å². The van der Waals surface area contributed by atoms with Crippen LogP contribution >= 0.6 is 0 Å². The highest BCUT2D eigenvalue weighted by atomic mass is 16.7. The molecule has 0 bridgehead atoms. The number of hydrogen-bond donors (Lipinski definition) is 2. The Hall–Kier alpha value is -1.99. The molecule has 7 heteroatoms. The topological polar surface area (TPSA) is 67.4 Å². The van der Waals surface area contributed by atoms with Gasteiger partial charge in [0.05, 0.1) is 13.2 Å². The lowest BCUT2D eigenvalue weighted by molar-refractivity contribution is 0.00272. The van der Waals surface area contributed by atoms with E-state index in [1.807, 2.05) is 19.2 Å². The molecule has 1 unspecified atom stereocenters. The van der Waals surface area contributed by atoms with Crippen LogP contribution < -0.4 is 20.1 Å². The van der Waals surface area contributed by atoms with Crippen LogP contribution in [-0.4, -0.2) is 63.6 Å². The summed E-state index contributed by atoms with van der Waals surface area (Å²) in [5.74, 6) is 3.10. The molecule has 3 rings (SSSR count). The van der Waals surface area contributed by atoms with Crippen LogP contribution in [0.3, 0.4) is 0 Å². The van der Waals surface area contributed by atoms with Crippen LogP contribution in [0.4, 0.5) is 0 Å². The van der Waals surface area contributed by atoms with Crippen molar-refractivity contribution in [2.45, 2.75) is 39.3 Å². The Morgan fingerprint density at radius 1 is 1.11 bits per heavy atom. The Labute approximate surface area is 168 Å². The van der Waals surface area contributed by atoms with E-state index in [1.54, 1.807) is 0 Å². The van der Waals surface area contributed by atoms with Gasteiger partial charge in [-0.15, -0.1) is 0 Å². The van der Waals surface area contributed by atoms with Crippen molar-refractivity contribution in [1.29, 1.82) is 0 Å². The Kier molecular flexibility index (Phi) is 7.80. The molecule has 0 amide bonds. The molecule has 1 fully saturated rings. The number of benzene rings is 1. The van der Waals surface area contributed by atoms with Gasteiger partial charge in [-0.1, -0.05) is 32.8 Å². The summed E-state index contributed by atoms with van der Waals surface area (Å²) < 4.78 is 16.4. The lowest BCUT2D eigenvalue weighted by Gasteiger charge is -2.39. The fourth-order valence-corrected chi connectivity index (χ4v) is 3.99. The molecule has 2 aliphatic rings. The van der Waals surface area contributed by atoms with Crippen molar-refractivity contribution in [3.8, 4) is 11.5 Å². The molecule has 0 radical (unpaired) electrons. The molecule has 1 atom stereocenters. The van der Waals surface area contributed by atoms with E-state index in [4.69, 9.17) is 14.2 Å². The Morgan fingerprint density at radius 3 is 2.57 bits per heavy atom. The maximum atomic E-state index is 5.55. The minimum atomic E-state index is 0.300. The summed E-state index contributed by atoms with van der Waals surface area (Å²) in [7, 11) is 1.82. The zero-order valence-corrected chi connectivity index (χ0v) is 17.4. The second kappa shape index (κ2) is 10.5. The Morgan fingerprint density at radius 2 is 1.86 bits per heavy atom. The van der Waals surface area contributed by atoms with Gasteiger partial charge in [0.2, 0.25) is 6.79 Å². The van der Waals surface area contributed by atoms with Gasteiger partial charge in [-0.3, -0.25) is 9.89 Å². The van der Waals surface area contributed by atoms with E-state index < -0.39 is 0 Å². The minimum Gasteiger partial charge on any atom is -0.454 e.